The molecule has 0 atom stereocenters. The molecule has 0 fully saturated rings. The molecule has 0 aliphatic rings. The number of Topliss-reactive ketones (excluding diaryl/α,β-unsaturated/α-hetero) is 1. The fourth-order valence-electron chi connectivity index (χ4n) is 0.415. The van der Waals surface area contributed by atoms with E-state index in [-0.39, 0.29) is 34.6 Å². The van der Waals surface area contributed by atoms with Gasteiger partial charge in [0.25, 0.3) is 0 Å². The van der Waals surface area contributed by atoms with Crippen molar-refractivity contribution in [3.63, 3.8) is 0 Å². The second-order valence-corrected chi connectivity index (χ2v) is 1.68. The summed E-state index contributed by atoms with van der Waals surface area (Å²) in [5.41, 5.74) is 0. The number of hydrogen-bond donors (Lipinski definition) is 0. The Hall–Kier alpha value is -0.120. The van der Waals surface area contributed by atoms with Crippen molar-refractivity contribution in [1.29, 1.82) is 0 Å². The van der Waals surface area contributed by atoms with Crippen molar-refractivity contribution in [3.05, 3.63) is 0 Å². The molecule has 3 nitrogen and oxygen atoms in total. The first kappa shape index (κ1) is 12.5. The summed E-state index contributed by atoms with van der Waals surface area (Å²) in [6.45, 7) is 3.40. The Morgan fingerprint density at radius 3 is 2.20 bits per heavy atom. The monoisotopic (exact) mass is 311 g/mol. The molecule has 0 aliphatic heterocycles. The molecule has 0 saturated heterocycles. The second kappa shape index (κ2) is 6.99. The van der Waals surface area contributed by atoms with Gasteiger partial charge < -0.3 is 4.74 Å². The van der Waals surface area contributed by atoms with Crippen LogP contribution in [-0.2, 0) is 36.7 Å². The Bertz CT molecular complexity index is 122. The third kappa shape index (κ3) is 7.88. The zero-order valence-electron chi connectivity index (χ0n) is 6.09. The summed E-state index contributed by atoms with van der Waals surface area (Å²) >= 11 is 0. The molecule has 0 aromatic carbocycles. The van der Waals surface area contributed by atoms with Crippen LogP contribution in [0.25, 0.3) is 0 Å². The second-order valence-electron chi connectivity index (χ2n) is 1.68. The van der Waals surface area contributed by atoms with E-state index in [1.807, 2.05) is 0 Å². The van der Waals surface area contributed by atoms with Crippen LogP contribution >= 0.6 is 0 Å². The quantitative estimate of drug-likeness (QED) is 0.564. The molecule has 10 heavy (non-hydrogen) atoms. The first-order chi connectivity index (χ1) is 4.16. The molecule has 0 heterocycles. The molecule has 4 heteroatoms. The van der Waals surface area contributed by atoms with Gasteiger partial charge in [-0.2, -0.15) is 0 Å². The Balaban J connectivity index is 0. The van der Waals surface area contributed by atoms with Crippen molar-refractivity contribution >= 4 is 11.8 Å². The van der Waals surface area contributed by atoms with Gasteiger partial charge in [0.15, 0.2) is 0 Å². The molecule has 1 radical (unpaired) electrons. The predicted octanol–water partition coefficient (Wildman–Crippen LogP) is 0.526. The number of esters is 1. The molecular formula is C6H10O3Ta. The fraction of sp³-hybridized carbons (Fsp3) is 0.667. The molecule has 0 bridgehead atoms. The Morgan fingerprint density at radius 1 is 1.40 bits per heavy atom. The Kier molecular flexibility index (Phi) is 8.77. The molecule has 0 amide bonds. The van der Waals surface area contributed by atoms with Crippen LogP contribution in [0, 0.1) is 0 Å². The Labute approximate surface area is 75.6 Å². The molecular weight excluding hydrogens is 301 g/mol. The average Bonchev–Trinajstić information content (AvgIpc) is 1.63. The van der Waals surface area contributed by atoms with E-state index in [4.69, 9.17) is 0 Å². The molecule has 0 saturated carbocycles. The normalized spacial score (nSPS) is 7.80. The zero-order valence-corrected chi connectivity index (χ0v) is 9.30. The van der Waals surface area contributed by atoms with Gasteiger partial charge in [-0.3, -0.25) is 9.59 Å². The maximum absolute atomic E-state index is 10.4. The fourth-order valence-corrected chi connectivity index (χ4v) is 0.415. The number of carbonyl (C=O) groups is 2. The van der Waals surface area contributed by atoms with Gasteiger partial charge in [0.05, 0.1) is 6.61 Å². The van der Waals surface area contributed by atoms with Gasteiger partial charge in [-0.25, -0.2) is 0 Å². The summed E-state index contributed by atoms with van der Waals surface area (Å²) in [5.74, 6) is -0.599. The Morgan fingerprint density at radius 2 is 1.90 bits per heavy atom. The minimum absolute atomic E-state index is 0. The molecule has 57 valence electrons. The molecule has 0 spiro atoms. The maximum atomic E-state index is 10.4. The van der Waals surface area contributed by atoms with Gasteiger partial charge >= 0.3 is 5.97 Å². The standard InChI is InChI=1S/C6H10O3.Ta/c1-3-9-6(8)4-5(2)7;/h3-4H2,1-2H3;. The van der Waals surface area contributed by atoms with Crippen LogP contribution in [0.1, 0.15) is 20.3 Å². The number of carbonyl (C=O) groups excluding carboxylic acids is 2. The molecule has 0 unspecified atom stereocenters. The van der Waals surface area contributed by atoms with Gasteiger partial charge in [-0.1, -0.05) is 0 Å². The van der Waals surface area contributed by atoms with Crippen molar-refractivity contribution in [2.24, 2.45) is 0 Å². The van der Waals surface area contributed by atoms with Crippen LogP contribution in [-0.4, -0.2) is 18.4 Å². The van der Waals surface area contributed by atoms with E-state index >= 15 is 0 Å². The van der Waals surface area contributed by atoms with E-state index in [0.29, 0.717) is 6.61 Å². The third-order valence-electron chi connectivity index (χ3n) is 0.699. The van der Waals surface area contributed by atoms with Gasteiger partial charge in [0, 0.05) is 22.4 Å². The van der Waals surface area contributed by atoms with Crippen molar-refractivity contribution in [1.82, 2.24) is 0 Å². The van der Waals surface area contributed by atoms with E-state index in [2.05, 4.69) is 4.74 Å². The predicted molar refractivity (Wildman–Crippen MR) is 31.9 cm³/mol. The third-order valence-corrected chi connectivity index (χ3v) is 0.699. The molecule has 0 aromatic heterocycles. The summed E-state index contributed by atoms with van der Waals surface area (Å²) in [4.78, 5) is 20.6. The van der Waals surface area contributed by atoms with Crippen molar-refractivity contribution in [2.45, 2.75) is 20.3 Å². The molecule has 0 rings (SSSR count). The molecule has 0 N–H and O–H groups in total. The van der Waals surface area contributed by atoms with Gasteiger partial charge in [-0.15, -0.1) is 0 Å². The summed E-state index contributed by atoms with van der Waals surface area (Å²) in [5, 5.41) is 0. The van der Waals surface area contributed by atoms with Gasteiger partial charge in [0.1, 0.15) is 12.2 Å². The van der Waals surface area contributed by atoms with Crippen LogP contribution < -0.4 is 0 Å². The smallest absolute Gasteiger partial charge is 0.313 e. The van der Waals surface area contributed by atoms with Crippen LogP contribution in [0.3, 0.4) is 0 Å². The SMILES string of the molecule is CCOC(=O)CC(C)=O.[Ta]. The largest absolute Gasteiger partial charge is 0.466 e. The van der Waals surface area contributed by atoms with E-state index in [9.17, 15) is 9.59 Å². The van der Waals surface area contributed by atoms with Crippen LogP contribution in [0.5, 0.6) is 0 Å². The summed E-state index contributed by atoms with van der Waals surface area (Å²) in [7, 11) is 0. The van der Waals surface area contributed by atoms with Crippen LogP contribution in [0.2, 0.25) is 0 Å². The average molecular weight is 311 g/mol. The van der Waals surface area contributed by atoms with Gasteiger partial charge in [0.2, 0.25) is 0 Å². The van der Waals surface area contributed by atoms with E-state index < -0.39 is 5.97 Å². The minimum atomic E-state index is -0.440. The van der Waals surface area contributed by atoms with Gasteiger partial charge in [-0.05, 0) is 13.8 Å². The number of ketones is 1. The maximum Gasteiger partial charge on any atom is 0.313 e. The molecule has 0 aromatic rings. The van der Waals surface area contributed by atoms with E-state index in [0.717, 1.165) is 0 Å². The van der Waals surface area contributed by atoms with Crippen molar-refractivity contribution in [3.8, 4) is 0 Å². The number of rotatable bonds is 3. The zero-order chi connectivity index (χ0) is 7.28. The topological polar surface area (TPSA) is 43.4 Å². The van der Waals surface area contributed by atoms with E-state index in [1.165, 1.54) is 6.92 Å². The number of ether oxygens (including phenoxy) is 1. The molecule has 0 aliphatic carbocycles. The van der Waals surface area contributed by atoms with Crippen molar-refractivity contribution in [2.75, 3.05) is 6.61 Å². The summed E-state index contributed by atoms with van der Waals surface area (Å²) < 4.78 is 4.49. The van der Waals surface area contributed by atoms with Crippen LogP contribution in [0.15, 0.2) is 0 Å². The van der Waals surface area contributed by atoms with Crippen molar-refractivity contribution < 1.29 is 36.7 Å². The first-order valence-electron chi connectivity index (χ1n) is 2.82. The number of hydrogen-bond acceptors (Lipinski definition) is 3. The first-order valence-corrected chi connectivity index (χ1v) is 2.82. The minimum Gasteiger partial charge on any atom is -0.466 e. The van der Waals surface area contributed by atoms with Crippen LogP contribution in [0.4, 0.5) is 0 Å². The summed E-state index contributed by atoms with van der Waals surface area (Å²) in [6.07, 6.45) is -0.103. The van der Waals surface area contributed by atoms with E-state index in [1.54, 1.807) is 6.92 Å². The summed E-state index contributed by atoms with van der Waals surface area (Å²) in [6, 6.07) is 0.